The molecule has 2 saturated heterocycles. The summed E-state index contributed by atoms with van der Waals surface area (Å²) in [5.74, 6) is -0.370. The molecule has 3 aromatic rings. The van der Waals surface area contributed by atoms with Crippen molar-refractivity contribution in [3.63, 3.8) is 0 Å². The average Bonchev–Trinajstić information content (AvgIpc) is 3.21. The Bertz CT molecular complexity index is 1200. The lowest BCUT2D eigenvalue weighted by atomic mass is 10.0. The highest BCUT2D eigenvalue weighted by molar-refractivity contribution is 7.89. The third-order valence-electron chi connectivity index (χ3n) is 6.13. The number of nitrogens with zero attached hydrogens (tertiary/aromatic N) is 3. The zero-order chi connectivity index (χ0) is 21.4. The molecule has 0 saturated carbocycles. The molecule has 0 radical (unpaired) electrons. The molecule has 1 unspecified atom stereocenters. The van der Waals surface area contributed by atoms with Crippen molar-refractivity contribution in [2.45, 2.75) is 17.4 Å². The van der Waals surface area contributed by atoms with E-state index in [-0.39, 0.29) is 35.9 Å². The Morgan fingerprint density at radius 1 is 1.00 bits per heavy atom. The Balaban J connectivity index is 1.20. The second kappa shape index (κ2) is 7.94. The molecular weight excluding hydrogens is 412 g/mol. The maximum Gasteiger partial charge on any atom is 0.243 e. The van der Waals surface area contributed by atoms with Crippen LogP contribution in [0, 0.1) is 5.92 Å². The Morgan fingerprint density at radius 3 is 2.61 bits per heavy atom. The first-order valence-electron chi connectivity index (χ1n) is 10.5. The summed E-state index contributed by atoms with van der Waals surface area (Å²) in [5, 5.41) is 4.54. The van der Waals surface area contributed by atoms with Gasteiger partial charge in [-0.05, 0) is 30.7 Å². The van der Waals surface area contributed by atoms with E-state index in [4.69, 9.17) is 0 Å². The van der Waals surface area contributed by atoms with Crippen LogP contribution in [0.5, 0.6) is 0 Å². The largest absolute Gasteiger partial charge is 0.369 e. The maximum absolute atomic E-state index is 13.1. The molecule has 1 aromatic heterocycles. The van der Waals surface area contributed by atoms with E-state index in [0.717, 1.165) is 30.6 Å². The summed E-state index contributed by atoms with van der Waals surface area (Å²) in [7, 11) is -3.65. The molecule has 31 heavy (non-hydrogen) atoms. The molecule has 8 heteroatoms. The smallest absolute Gasteiger partial charge is 0.243 e. The van der Waals surface area contributed by atoms with Crippen LogP contribution >= 0.6 is 0 Å². The van der Waals surface area contributed by atoms with Gasteiger partial charge in [0.25, 0.3) is 0 Å². The number of para-hydroxylation sites is 1. The normalized spacial score (nSPS) is 20.0. The van der Waals surface area contributed by atoms with Gasteiger partial charge in [0.1, 0.15) is 0 Å². The van der Waals surface area contributed by atoms with Crippen molar-refractivity contribution in [2.75, 3.05) is 31.1 Å². The number of carbonyl (C=O) groups excluding carboxylic acids is 1. The first-order chi connectivity index (χ1) is 15.0. The van der Waals surface area contributed by atoms with Gasteiger partial charge in [-0.1, -0.05) is 30.3 Å². The minimum Gasteiger partial charge on any atom is -0.369 e. The van der Waals surface area contributed by atoms with Crippen molar-refractivity contribution in [1.82, 2.24) is 14.6 Å². The van der Waals surface area contributed by atoms with Crippen LogP contribution in [0.15, 0.2) is 71.9 Å². The summed E-state index contributed by atoms with van der Waals surface area (Å²) >= 11 is 0. The van der Waals surface area contributed by atoms with Crippen molar-refractivity contribution in [3.05, 3.63) is 67.0 Å². The number of anilines is 1. The molecule has 0 spiro atoms. The number of aromatic nitrogens is 1. The quantitative estimate of drug-likeness (QED) is 0.663. The summed E-state index contributed by atoms with van der Waals surface area (Å²) in [5.41, 5.74) is 1.16. The number of benzene rings is 2. The van der Waals surface area contributed by atoms with Gasteiger partial charge < -0.3 is 10.2 Å². The van der Waals surface area contributed by atoms with Gasteiger partial charge in [-0.25, -0.2) is 8.42 Å². The highest BCUT2D eigenvalue weighted by Gasteiger charge is 2.41. The van der Waals surface area contributed by atoms with E-state index in [1.165, 1.54) is 4.31 Å². The van der Waals surface area contributed by atoms with Crippen LogP contribution in [0.25, 0.3) is 10.8 Å². The molecule has 1 atom stereocenters. The standard InChI is InChI=1S/C23H24N4O3S/c28-23(25-19-10-12-26(16-19)20-6-2-1-3-7-20)18-14-27(15-18)31(29,30)22-8-4-5-17-13-24-11-9-21(17)22/h1-9,11,13,18-19H,10,12,14-16H2,(H,25,28). The van der Waals surface area contributed by atoms with Gasteiger partial charge >= 0.3 is 0 Å². The van der Waals surface area contributed by atoms with Gasteiger partial charge in [0.05, 0.1) is 10.8 Å². The topological polar surface area (TPSA) is 82.6 Å². The number of rotatable bonds is 5. The second-order valence-corrected chi connectivity index (χ2v) is 10.1. The highest BCUT2D eigenvalue weighted by Crippen LogP contribution is 2.30. The van der Waals surface area contributed by atoms with Gasteiger partial charge in [0.2, 0.25) is 15.9 Å². The summed E-state index contributed by atoms with van der Waals surface area (Å²) in [4.78, 5) is 19.3. The summed E-state index contributed by atoms with van der Waals surface area (Å²) in [6.45, 7) is 2.10. The fourth-order valence-corrected chi connectivity index (χ4v) is 6.07. The molecule has 7 nitrogen and oxygen atoms in total. The van der Waals surface area contributed by atoms with E-state index in [1.54, 1.807) is 30.6 Å². The van der Waals surface area contributed by atoms with Crippen LogP contribution in [0.1, 0.15) is 6.42 Å². The summed E-state index contributed by atoms with van der Waals surface area (Å²) < 4.78 is 27.6. The third-order valence-corrected chi connectivity index (χ3v) is 8.02. The van der Waals surface area contributed by atoms with Gasteiger partial charge in [0, 0.05) is 61.1 Å². The van der Waals surface area contributed by atoms with Gasteiger partial charge in [0.15, 0.2) is 0 Å². The molecule has 160 valence electrons. The minimum absolute atomic E-state index is 0.0616. The van der Waals surface area contributed by atoms with E-state index in [2.05, 4.69) is 27.3 Å². The zero-order valence-corrected chi connectivity index (χ0v) is 17.8. The Hall–Kier alpha value is -2.97. The van der Waals surface area contributed by atoms with Crippen LogP contribution in [0.2, 0.25) is 0 Å². The van der Waals surface area contributed by atoms with Crippen LogP contribution in [0.4, 0.5) is 5.69 Å². The predicted octanol–water partition coefficient (Wildman–Crippen LogP) is 2.25. The Kier molecular flexibility index (Phi) is 5.11. The number of nitrogens with one attached hydrogen (secondary N) is 1. The van der Waals surface area contributed by atoms with E-state index in [0.29, 0.717) is 5.39 Å². The van der Waals surface area contributed by atoms with Crippen molar-refractivity contribution in [2.24, 2.45) is 5.92 Å². The first-order valence-corrected chi connectivity index (χ1v) is 11.9. The lowest BCUT2D eigenvalue weighted by Crippen LogP contribution is -2.56. The first kappa shape index (κ1) is 20.0. The van der Waals surface area contributed by atoms with Crippen molar-refractivity contribution < 1.29 is 13.2 Å². The average molecular weight is 437 g/mol. The SMILES string of the molecule is O=C(NC1CCN(c2ccccc2)C1)C1CN(S(=O)(=O)c2cccc3cnccc23)C1. The molecule has 2 aromatic carbocycles. The molecule has 2 aliphatic heterocycles. The maximum atomic E-state index is 13.1. The molecule has 2 fully saturated rings. The van der Waals surface area contributed by atoms with Gasteiger partial charge in [-0.3, -0.25) is 9.78 Å². The molecule has 1 amide bonds. The van der Waals surface area contributed by atoms with E-state index in [9.17, 15) is 13.2 Å². The Morgan fingerprint density at radius 2 is 1.81 bits per heavy atom. The lowest BCUT2D eigenvalue weighted by molar-refractivity contribution is -0.128. The van der Waals surface area contributed by atoms with Gasteiger partial charge in [-0.15, -0.1) is 0 Å². The number of amides is 1. The molecule has 5 rings (SSSR count). The highest BCUT2D eigenvalue weighted by atomic mass is 32.2. The number of sulfonamides is 1. The van der Waals surface area contributed by atoms with Crippen LogP contribution in [-0.4, -0.2) is 55.8 Å². The predicted molar refractivity (Wildman–Crippen MR) is 119 cm³/mol. The molecular formula is C23H24N4O3S. The van der Waals surface area contributed by atoms with Gasteiger partial charge in [-0.2, -0.15) is 4.31 Å². The van der Waals surface area contributed by atoms with E-state index < -0.39 is 10.0 Å². The van der Waals surface area contributed by atoms with Crippen LogP contribution in [0.3, 0.4) is 0 Å². The van der Waals surface area contributed by atoms with E-state index >= 15 is 0 Å². The molecule has 1 N–H and O–H groups in total. The third kappa shape index (κ3) is 3.77. The second-order valence-electron chi connectivity index (χ2n) is 8.15. The van der Waals surface area contributed by atoms with Crippen molar-refractivity contribution in [1.29, 1.82) is 0 Å². The van der Waals surface area contributed by atoms with Crippen molar-refractivity contribution >= 4 is 32.4 Å². The minimum atomic E-state index is -3.65. The fraction of sp³-hybridized carbons (Fsp3) is 0.304. The number of pyridine rings is 1. The van der Waals surface area contributed by atoms with E-state index in [1.807, 2.05) is 24.3 Å². The fourth-order valence-electron chi connectivity index (χ4n) is 4.33. The number of fused-ring (bicyclic) bond motifs is 1. The molecule has 2 aliphatic rings. The van der Waals surface area contributed by atoms with Crippen LogP contribution < -0.4 is 10.2 Å². The number of hydrogen-bond acceptors (Lipinski definition) is 5. The Labute approximate surface area is 181 Å². The molecule has 3 heterocycles. The zero-order valence-electron chi connectivity index (χ0n) is 17.0. The number of carbonyl (C=O) groups is 1. The molecule has 0 aliphatic carbocycles. The molecule has 0 bridgehead atoms. The summed E-state index contributed by atoms with van der Waals surface area (Å²) in [6.07, 6.45) is 4.13. The number of hydrogen-bond donors (Lipinski definition) is 1. The monoisotopic (exact) mass is 436 g/mol. The summed E-state index contributed by atoms with van der Waals surface area (Å²) in [6, 6.07) is 17.1. The lowest BCUT2D eigenvalue weighted by Gasteiger charge is -2.37. The van der Waals surface area contributed by atoms with Crippen molar-refractivity contribution in [3.8, 4) is 0 Å². The van der Waals surface area contributed by atoms with Crippen LogP contribution in [-0.2, 0) is 14.8 Å².